The van der Waals surface area contributed by atoms with Crippen LogP contribution in [-0.2, 0) is 11.3 Å². The summed E-state index contributed by atoms with van der Waals surface area (Å²) in [5.74, 6) is -1.20. The lowest BCUT2D eigenvalue weighted by molar-refractivity contribution is -0.368. The lowest BCUT2D eigenvalue weighted by atomic mass is 10.2. The summed E-state index contributed by atoms with van der Waals surface area (Å²) in [6.07, 6.45) is 9.58. The van der Waals surface area contributed by atoms with E-state index in [-0.39, 0.29) is 5.69 Å². The number of hydrogen-bond acceptors (Lipinski definition) is 5. The van der Waals surface area contributed by atoms with Gasteiger partial charge in [-0.15, -0.1) is 5.10 Å². The number of esters is 1. The summed E-state index contributed by atoms with van der Waals surface area (Å²) >= 11 is 0. The molecule has 3 N–H and O–H groups in total. The van der Waals surface area contributed by atoms with Crippen LogP contribution < -0.4 is 10.8 Å². The van der Waals surface area contributed by atoms with Gasteiger partial charge in [0, 0.05) is 12.4 Å². The topological polar surface area (TPSA) is 108 Å². The molecule has 0 saturated heterocycles. The van der Waals surface area contributed by atoms with Gasteiger partial charge >= 0.3 is 5.97 Å². The molecule has 0 fully saturated rings. The molecule has 0 bridgehead atoms. The highest BCUT2D eigenvalue weighted by molar-refractivity contribution is 5.89. The lowest BCUT2D eigenvalue weighted by Crippen LogP contribution is -2.50. The number of aryl methyl sites for hydroxylation is 1. The summed E-state index contributed by atoms with van der Waals surface area (Å²) in [6, 6.07) is 0. The zero-order valence-corrected chi connectivity index (χ0v) is 14.8. The van der Waals surface area contributed by atoms with Gasteiger partial charge in [0.05, 0.1) is 13.7 Å². The first-order valence-electron chi connectivity index (χ1n) is 8.60. The molecule has 0 aromatic carbocycles. The third-order valence-corrected chi connectivity index (χ3v) is 3.40. The predicted octanol–water partition coefficient (Wildman–Crippen LogP) is 1.53. The molecule has 1 aromatic heterocycles. The van der Waals surface area contributed by atoms with E-state index in [1.54, 1.807) is 0 Å². The first kappa shape index (κ1) is 21.4. The minimum Gasteiger partial charge on any atom is -0.857 e. The molecule has 134 valence electrons. The maximum absolute atomic E-state index is 11.6. The quantitative estimate of drug-likeness (QED) is 0.517. The Morgan fingerprint density at radius 1 is 1.13 bits per heavy atom. The molecule has 0 aliphatic heterocycles. The highest BCUT2D eigenvalue weighted by atomic mass is 16.5. The zero-order chi connectivity index (χ0) is 17.5. The molecule has 0 aliphatic carbocycles. The van der Waals surface area contributed by atoms with Crippen LogP contribution in [0.4, 0.5) is 0 Å². The van der Waals surface area contributed by atoms with Crippen LogP contribution in [0.3, 0.4) is 0 Å². The normalized spacial score (nSPS) is 10.1. The molecule has 0 saturated carbocycles. The maximum Gasteiger partial charge on any atom is 0.359 e. The minimum absolute atomic E-state index is 0.238. The SMILES string of the molecule is CCCCCC[NH3+].CCCCCCn1nnc(C(=O)OC)c1[O-]. The molecule has 1 rings (SSSR count). The van der Waals surface area contributed by atoms with Crippen molar-refractivity contribution >= 4 is 5.97 Å². The molecule has 0 radical (unpaired) electrons. The van der Waals surface area contributed by atoms with Crippen LogP contribution in [0.2, 0.25) is 0 Å². The summed E-state index contributed by atoms with van der Waals surface area (Å²) in [5.41, 5.74) is 3.52. The largest absolute Gasteiger partial charge is 0.857 e. The molecular weight excluding hydrogens is 296 g/mol. The van der Waals surface area contributed by atoms with Gasteiger partial charge < -0.3 is 15.6 Å². The Kier molecular flexibility index (Phi) is 13.0. The van der Waals surface area contributed by atoms with E-state index in [4.69, 9.17) is 0 Å². The van der Waals surface area contributed by atoms with Crippen molar-refractivity contribution in [3.8, 4) is 5.88 Å². The van der Waals surface area contributed by atoms with E-state index in [9.17, 15) is 9.90 Å². The van der Waals surface area contributed by atoms with Crippen LogP contribution in [0.5, 0.6) is 5.88 Å². The van der Waals surface area contributed by atoms with Gasteiger partial charge in [0.25, 0.3) is 0 Å². The maximum atomic E-state index is 11.6. The van der Waals surface area contributed by atoms with E-state index in [2.05, 4.69) is 34.6 Å². The number of rotatable bonds is 10. The van der Waals surface area contributed by atoms with Crippen LogP contribution in [0.25, 0.3) is 0 Å². The van der Waals surface area contributed by atoms with Gasteiger partial charge in [0.15, 0.2) is 5.69 Å². The van der Waals surface area contributed by atoms with Crippen molar-refractivity contribution in [1.82, 2.24) is 15.0 Å². The van der Waals surface area contributed by atoms with Crippen molar-refractivity contribution < 1.29 is 20.4 Å². The molecule has 23 heavy (non-hydrogen) atoms. The summed E-state index contributed by atoms with van der Waals surface area (Å²) in [6.45, 7) is 5.95. The van der Waals surface area contributed by atoms with Gasteiger partial charge in [-0.1, -0.05) is 51.2 Å². The number of nitrogens with zero attached hydrogens (tertiary/aromatic N) is 3. The first-order valence-corrected chi connectivity index (χ1v) is 8.60. The fourth-order valence-electron chi connectivity index (χ4n) is 1.97. The van der Waals surface area contributed by atoms with Crippen LogP contribution in [0.15, 0.2) is 0 Å². The molecule has 7 heteroatoms. The fraction of sp³-hybridized carbons (Fsp3) is 0.812. The van der Waals surface area contributed by atoms with Gasteiger partial charge in [-0.3, -0.25) is 4.68 Å². The van der Waals surface area contributed by atoms with Crippen molar-refractivity contribution in [3.63, 3.8) is 0 Å². The van der Waals surface area contributed by atoms with E-state index < -0.39 is 11.8 Å². The highest BCUT2D eigenvalue weighted by Crippen LogP contribution is 2.12. The predicted molar refractivity (Wildman–Crippen MR) is 86.8 cm³/mol. The van der Waals surface area contributed by atoms with Gasteiger partial charge in [-0.05, 0) is 19.3 Å². The molecule has 0 amide bonds. The van der Waals surface area contributed by atoms with Crippen LogP contribution >= 0.6 is 0 Å². The number of carbonyl (C=O) groups is 1. The summed E-state index contributed by atoms with van der Waals surface area (Å²) < 4.78 is 5.63. The number of aromatic nitrogens is 3. The highest BCUT2D eigenvalue weighted by Gasteiger charge is 2.12. The molecule has 1 aromatic rings. The van der Waals surface area contributed by atoms with Crippen LogP contribution in [-0.4, -0.2) is 34.6 Å². The van der Waals surface area contributed by atoms with Crippen molar-refractivity contribution in [2.75, 3.05) is 13.7 Å². The van der Waals surface area contributed by atoms with Crippen LogP contribution in [0, 0.1) is 0 Å². The molecule has 1 heterocycles. The average molecular weight is 328 g/mol. The fourth-order valence-corrected chi connectivity index (χ4v) is 1.97. The summed E-state index contributed by atoms with van der Waals surface area (Å²) in [7, 11) is 1.21. The Labute approximate surface area is 139 Å². The molecule has 7 nitrogen and oxygen atoms in total. The Hall–Kier alpha value is -1.63. The number of ether oxygens (including phenoxy) is 1. The average Bonchev–Trinajstić information content (AvgIpc) is 2.93. The molecule has 0 atom stereocenters. The second-order valence-electron chi connectivity index (χ2n) is 5.43. The molecular formula is C16H32N4O3. The second-order valence-corrected chi connectivity index (χ2v) is 5.43. The smallest absolute Gasteiger partial charge is 0.359 e. The van der Waals surface area contributed by atoms with E-state index in [0.717, 1.165) is 32.2 Å². The minimum atomic E-state index is -0.732. The van der Waals surface area contributed by atoms with Gasteiger partial charge in [0.2, 0.25) is 0 Å². The van der Waals surface area contributed by atoms with E-state index in [1.165, 1.54) is 37.5 Å². The van der Waals surface area contributed by atoms with Gasteiger partial charge in [-0.2, -0.15) is 0 Å². The van der Waals surface area contributed by atoms with E-state index in [0.29, 0.717) is 6.54 Å². The van der Waals surface area contributed by atoms with Crippen molar-refractivity contribution in [1.29, 1.82) is 0 Å². The van der Waals surface area contributed by atoms with Crippen molar-refractivity contribution in [3.05, 3.63) is 5.69 Å². The second kappa shape index (κ2) is 14.0. The number of unbranched alkanes of at least 4 members (excludes halogenated alkanes) is 6. The Balaban J connectivity index is 0.000000585. The number of carbonyl (C=O) groups excluding carboxylic acids is 1. The summed E-state index contributed by atoms with van der Waals surface area (Å²) in [5, 5.41) is 18.7. The molecule has 0 unspecified atom stereocenters. The van der Waals surface area contributed by atoms with E-state index >= 15 is 0 Å². The monoisotopic (exact) mass is 328 g/mol. The van der Waals surface area contributed by atoms with Crippen LogP contribution in [0.1, 0.15) is 75.7 Å². The standard InChI is InChI=1S/C10H17N3O3.C6H15N/c1-3-4-5-6-7-13-9(14)8(11-12-13)10(15)16-2;1-2-3-4-5-6-7/h14H,3-7H2,1-2H3;2-7H2,1H3. The zero-order valence-electron chi connectivity index (χ0n) is 14.8. The first-order chi connectivity index (χ1) is 11.1. The van der Waals surface area contributed by atoms with E-state index in [1.807, 2.05) is 0 Å². The van der Waals surface area contributed by atoms with Gasteiger partial charge in [0.1, 0.15) is 0 Å². The Bertz CT molecular complexity index is 417. The van der Waals surface area contributed by atoms with Gasteiger partial charge in [-0.25, -0.2) is 4.79 Å². The molecule has 0 spiro atoms. The Morgan fingerprint density at radius 2 is 1.74 bits per heavy atom. The lowest BCUT2D eigenvalue weighted by Gasteiger charge is -2.09. The number of hydrogen-bond donors (Lipinski definition) is 1. The number of methoxy groups -OCH3 is 1. The number of quaternary nitrogens is 1. The Morgan fingerprint density at radius 3 is 2.26 bits per heavy atom. The third-order valence-electron chi connectivity index (χ3n) is 3.40. The summed E-state index contributed by atoms with van der Waals surface area (Å²) in [4.78, 5) is 11.1. The van der Waals surface area contributed by atoms with Crippen molar-refractivity contribution in [2.24, 2.45) is 0 Å². The van der Waals surface area contributed by atoms with Crippen molar-refractivity contribution in [2.45, 2.75) is 71.8 Å². The molecule has 0 aliphatic rings. The third kappa shape index (κ3) is 9.18.